The number of aliphatic hydroxyl groups is 1. The number of amides is 1. The van der Waals surface area contributed by atoms with Gasteiger partial charge in [-0.05, 0) is 33.4 Å². The van der Waals surface area contributed by atoms with Gasteiger partial charge in [-0.2, -0.15) is 0 Å². The lowest BCUT2D eigenvalue weighted by Crippen LogP contribution is -2.50. The van der Waals surface area contributed by atoms with E-state index in [0.717, 1.165) is 38.0 Å². The van der Waals surface area contributed by atoms with Crippen molar-refractivity contribution in [3.05, 3.63) is 11.9 Å². The fourth-order valence-corrected chi connectivity index (χ4v) is 2.94. The zero-order valence-electron chi connectivity index (χ0n) is 14.8. The van der Waals surface area contributed by atoms with Crippen molar-refractivity contribution in [2.45, 2.75) is 63.9 Å². The van der Waals surface area contributed by atoms with E-state index < -0.39 is 0 Å². The molecule has 8 nitrogen and oxygen atoms in total. The van der Waals surface area contributed by atoms with Crippen molar-refractivity contribution < 1.29 is 14.6 Å². The molecule has 136 valence electrons. The molecule has 0 bridgehead atoms. The van der Waals surface area contributed by atoms with Crippen LogP contribution in [0, 0.1) is 0 Å². The Labute approximate surface area is 143 Å². The summed E-state index contributed by atoms with van der Waals surface area (Å²) in [6.07, 6.45) is 4.64. The zero-order valence-corrected chi connectivity index (χ0v) is 14.8. The molecule has 0 spiro atoms. The number of rotatable bonds is 8. The van der Waals surface area contributed by atoms with E-state index in [-0.39, 0.29) is 30.8 Å². The molecule has 1 aliphatic rings. The predicted molar refractivity (Wildman–Crippen MR) is 89.2 cm³/mol. The Morgan fingerprint density at radius 2 is 2.29 bits per heavy atom. The Bertz CT molecular complexity index is 520. The van der Waals surface area contributed by atoms with E-state index in [1.165, 1.54) is 0 Å². The number of nitrogens with one attached hydrogen (secondary N) is 1. The van der Waals surface area contributed by atoms with Gasteiger partial charge in [0, 0.05) is 25.7 Å². The van der Waals surface area contributed by atoms with Crippen LogP contribution in [0.15, 0.2) is 6.20 Å². The molecular formula is C16H29N5O3. The lowest BCUT2D eigenvalue weighted by atomic mass is 9.97. The number of ether oxygens (including phenoxy) is 1. The second-order valence-corrected chi connectivity index (χ2v) is 6.58. The van der Waals surface area contributed by atoms with Gasteiger partial charge in [0.05, 0.1) is 24.4 Å². The van der Waals surface area contributed by atoms with Gasteiger partial charge in [-0.25, -0.2) is 0 Å². The molecule has 0 radical (unpaired) electrons. The van der Waals surface area contributed by atoms with Crippen LogP contribution in [0.3, 0.4) is 0 Å². The molecule has 3 atom stereocenters. The Morgan fingerprint density at radius 1 is 1.50 bits per heavy atom. The van der Waals surface area contributed by atoms with Gasteiger partial charge in [-0.3, -0.25) is 9.48 Å². The predicted octanol–water partition coefficient (Wildman–Crippen LogP) is 0.165. The summed E-state index contributed by atoms with van der Waals surface area (Å²) in [5.41, 5.74) is 0.945. The van der Waals surface area contributed by atoms with Crippen LogP contribution in [0.1, 0.15) is 38.3 Å². The first kappa shape index (κ1) is 18.8. The van der Waals surface area contributed by atoms with Gasteiger partial charge in [0.2, 0.25) is 5.91 Å². The highest BCUT2D eigenvalue weighted by Gasteiger charge is 2.31. The van der Waals surface area contributed by atoms with Crippen LogP contribution in [0.5, 0.6) is 0 Å². The Hall–Kier alpha value is -1.51. The van der Waals surface area contributed by atoms with Crippen molar-refractivity contribution in [1.29, 1.82) is 0 Å². The SMILES string of the molecule is CCC(=O)N[C@@H]1CC[C@H](CCn2cc(CN(C)C)nn2)O[C@@H]1CO. The van der Waals surface area contributed by atoms with Crippen molar-refractivity contribution >= 4 is 5.91 Å². The Balaban J connectivity index is 1.80. The summed E-state index contributed by atoms with van der Waals surface area (Å²) in [6.45, 7) is 3.24. The minimum Gasteiger partial charge on any atom is -0.394 e. The highest BCUT2D eigenvalue weighted by atomic mass is 16.5. The van der Waals surface area contributed by atoms with Crippen LogP contribution >= 0.6 is 0 Å². The van der Waals surface area contributed by atoms with Crippen molar-refractivity contribution in [3.8, 4) is 0 Å². The summed E-state index contributed by atoms with van der Waals surface area (Å²) in [4.78, 5) is 13.6. The van der Waals surface area contributed by atoms with Crippen LogP contribution in [0.2, 0.25) is 0 Å². The molecule has 24 heavy (non-hydrogen) atoms. The Morgan fingerprint density at radius 3 is 2.96 bits per heavy atom. The number of carbonyl (C=O) groups excluding carboxylic acids is 1. The van der Waals surface area contributed by atoms with Crippen molar-refractivity contribution in [3.63, 3.8) is 0 Å². The lowest BCUT2D eigenvalue weighted by molar-refractivity contribution is -0.128. The summed E-state index contributed by atoms with van der Waals surface area (Å²) < 4.78 is 7.79. The van der Waals surface area contributed by atoms with E-state index in [2.05, 4.69) is 20.5 Å². The van der Waals surface area contributed by atoms with E-state index in [1.807, 2.05) is 31.9 Å². The van der Waals surface area contributed by atoms with E-state index in [0.29, 0.717) is 6.42 Å². The maximum absolute atomic E-state index is 11.5. The molecule has 2 N–H and O–H groups in total. The largest absolute Gasteiger partial charge is 0.394 e. The number of aryl methyl sites for hydroxylation is 1. The summed E-state index contributed by atoms with van der Waals surface area (Å²) in [6, 6.07) is -0.100. The van der Waals surface area contributed by atoms with Crippen molar-refractivity contribution in [2.24, 2.45) is 0 Å². The first-order valence-corrected chi connectivity index (χ1v) is 8.61. The van der Waals surface area contributed by atoms with Gasteiger partial charge in [-0.1, -0.05) is 12.1 Å². The smallest absolute Gasteiger partial charge is 0.220 e. The zero-order chi connectivity index (χ0) is 17.5. The number of nitrogens with zero attached hydrogens (tertiary/aromatic N) is 4. The molecule has 2 heterocycles. The van der Waals surface area contributed by atoms with Gasteiger partial charge in [-0.15, -0.1) is 5.10 Å². The summed E-state index contributed by atoms with van der Waals surface area (Å²) in [5.74, 6) is -0.00321. The minimum absolute atomic E-state index is 0.00321. The molecule has 1 aliphatic heterocycles. The minimum atomic E-state index is -0.334. The molecule has 1 aromatic heterocycles. The maximum atomic E-state index is 11.5. The molecule has 0 aromatic carbocycles. The van der Waals surface area contributed by atoms with Crippen LogP contribution in [-0.4, -0.2) is 69.9 Å². The third-order valence-electron chi connectivity index (χ3n) is 4.21. The van der Waals surface area contributed by atoms with Crippen LogP contribution in [0.4, 0.5) is 0 Å². The Kier molecular flexibility index (Phi) is 7.14. The van der Waals surface area contributed by atoms with Gasteiger partial charge in [0.15, 0.2) is 0 Å². The highest BCUT2D eigenvalue weighted by molar-refractivity contribution is 5.75. The molecule has 1 saturated heterocycles. The van der Waals surface area contributed by atoms with Crippen LogP contribution < -0.4 is 5.32 Å². The van der Waals surface area contributed by atoms with Crippen LogP contribution in [-0.2, 0) is 22.6 Å². The third-order valence-corrected chi connectivity index (χ3v) is 4.21. The fraction of sp³-hybridized carbons (Fsp3) is 0.812. The van der Waals surface area contributed by atoms with Gasteiger partial charge in [0.25, 0.3) is 0 Å². The second-order valence-electron chi connectivity index (χ2n) is 6.58. The number of carbonyl (C=O) groups is 1. The number of hydrogen-bond donors (Lipinski definition) is 2. The van der Waals surface area contributed by atoms with E-state index in [9.17, 15) is 9.90 Å². The average molecular weight is 339 g/mol. The molecule has 0 saturated carbocycles. The first-order chi connectivity index (χ1) is 11.5. The monoisotopic (exact) mass is 339 g/mol. The molecule has 1 fully saturated rings. The highest BCUT2D eigenvalue weighted by Crippen LogP contribution is 2.22. The number of aromatic nitrogens is 3. The maximum Gasteiger partial charge on any atom is 0.220 e. The average Bonchev–Trinajstić information content (AvgIpc) is 3.00. The number of aliphatic hydroxyl groups excluding tert-OH is 1. The molecule has 8 heteroatoms. The van der Waals surface area contributed by atoms with Crippen molar-refractivity contribution in [1.82, 2.24) is 25.2 Å². The summed E-state index contributed by atoms with van der Waals surface area (Å²) >= 11 is 0. The van der Waals surface area contributed by atoms with Gasteiger partial charge >= 0.3 is 0 Å². The normalized spacial score (nSPS) is 24.3. The second kappa shape index (κ2) is 9.10. The topological polar surface area (TPSA) is 92.5 Å². The van der Waals surface area contributed by atoms with E-state index in [4.69, 9.17) is 4.74 Å². The molecular weight excluding hydrogens is 310 g/mol. The van der Waals surface area contributed by atoms with Gasteiger partial charge < -0.3 is 20.1 Å². The standard InChI is InChI=1S/C16H29N5O3/c1-4-16(23)17-14-6-5-13(24-15(14)11-22)7-8-21-10-12(18-19-21)9-20(2)3/h10,13-15,22H,4-9,11H2,1-3H3,(H,17,23)/t13-,14-,15-/m1/s1. The molecule has 0 unspecified atom stereocenters. The molecule has 1 aromatic rings. The molecule has 2 rings (SSSR count). The quantitative estimate of drug-likeness (QED) is 0.701. The van der Waals surface area contributed by atoms with Gasteiger partial charge in [0.1, 0.15) is 6.10 Å². The first-order valence-electron chi connectivity index (χ1n) is 8.61. The molecule has 1 amide bonds. The lowest BCUT2D eigenvalue weighted by Gasteiger charge is -2.36. The summed E-state index contributed by atoms with van der Waals surface area (Å²) in [5, 5.41) is 20.7. The molecule has 0 aliphatic carbocycles. The van der Waals surface area contributed by atoms with E-state index >= 15 is 0 Å². The number of hydrogen-bond acceptors (Lipinski definition) is 6. The summed E-state index contributed by atoms with van der Waals surface area (Å²) in [7, 11) is 4.00. The third kappa shape index (κ3) is 5.54. The fourth-order valence-electron chi connectivity index (χ4n) is 2.94. The van der Waals surface area contributed by atoms with E-state index in [1.54, 1.807) is 0 Å². The van der Waals surface area contributed by atoms with Crippen molar-refractivity contribution in [2.75, 3.05) is 20.7 Å². The van der Waals surface area contributed by atoms with Crippen LogP contribution in [0.25, 0.3) is 0 Å².